The first-order valence-electron chi connectivity index (χ1n) is 6.52. The Kier molecular flexibility index (Phi) is 7.06. The molecule has 0 saturated heterocycles. The number of anilines is 1. The molecule has 0 radical (unpaired) electrons. The molecule has 18 heavy (non-hydrogen) atoms. The highest BCUT2D eigenvalue weighted by Gasteiger charge is 2.04. The molecular formula is C14H23N3O. The predicted octanol–water partition coefficient (Wildman–Crippen LogP) is 1.26. The summed E-state index contributed by atoms with van der Waals surface area (Å²) in [7, 11) is 0. The van der Waals surface area contributed by atoms with Crippen LogP contribution in [0.1, 0.15) is 23.7 Å². The largest absolute Gasteiger partial charge is 0.370 e. The molecule has 0 aliphatic heterocycles. The van der Waals surface area contributed by atoms with Crippen LogP contribution in [-0.4, -0.2) is 39.0 Å². The molecule has 0 fully saturated rings. The number of hydrogen-bond donors (Lipinski definition) is 2. The molecule has 0 atom stereocenters. The highest BCUT2D eigenvalue weighted by atomic mass is 16.1. The third kappa shape index (κ3) is 4.85. The van der Waals surface area contributed by atoms with E-state index in [1.54, 1.807) is 0 Å². The van der Waals surface area contributed by atoms with Gasteiger partial charge in [0.1, 0.15) is 6.29 Å². The van der Waals surface area contributed by atoms with E-state index in [0.29, 0.717) is 6.54 Å². The summed E-state index contributed by atoms with van der Waals surface area (Å²) < 4.78 is 0. The van der Waals surface area contributed by atoms with E-state index in [0.717, 1.165) is 50.1 Å². The normalized spacial score (nSPS) is 10.3. The zero-order valence-corrected chi connectivity index (χ0v) is 11.1. The maximum atomic E-state index is 10.6. The summed E-state index contributed by atoms with van der Waals surface area (Å²) in [6.45, 7) is 6.58. The maximum absolute atomic E-state index is 10.6. The van der Waals surface area contributed by atoms with Gasteiger partial charge in [-0.2, -0.15) is 0 Å². The minimum atomic E-state index is 0.668. The highest BCUT2D eigenvalue weighted by molar-refractivity contribution is 5.75. The van der Waals surface area contributed by atoms with Crippen LogP contribution in [0.15, 0.2) is 24.3 Å². The summed E-state index contributed by atoms with van der Waals surface area (Å²) in [4.78, 5) is 12.9. The molecule has 0 saturated carbocycles. The van der Waals surface area contributed by atoms with Crippen LogP contribution >= 0.6 is 0 Å². The van der Waals surface area contributed by atoms with Gasteiger partial charge in [0.2, 0.25) is 0 Å². The Bertz CT molecular complexity index is 337. The number of carbonyl (C=O) groups is 1. The van der Waals surface area contributed by atoms with Crippen molar-refractivity contribution in [1.29, 1.82) is 0 Å². The Hall–Kier alpha value is -1.39. The molecule has 4 heteroatoms. The third-order valence-electron chi connectivity index (χ3n) is 2.77. The smallest absolute Gasteiger partial charge is 0.150 e. The zero-order chi connectivity index (χ0) is 13.2. The van der Waals surface area contributed by atoms with Gasteiger partial charge in [-0.05, 0) is 30.7 Å². The number of aldehydes is 1. The first kappa shape index (κ1) is 14.7. The van der Waals surface area contributed by atoms with Crippen molar-refractivity contribution in [2.75, 3.05) is 37.6 Å². The average molecular weight is 249 g/mol. The van der Waals surface area contributed by atoms with Crippen molar-refractivity contribution in [2.24, 2.45) is 5.73 Å². The van der Waals surface area contributed by atoms with Crippen LogP contribution in [-0.2, 0) is 0 Å². The van der Waals surface area contributed by atoms with Crippen LogP contribution in [0, 0.1) is 0 Å². The van der Waals surface area contributed by atoms with Gasteiger partial charge in [-0.3, -0.25) is 4.79 Å². The topological polar surface area (TPSA) is 58.4 Å². The van der Waals surface area contributed by atoms with E-state index < -0.39 is 0 Å². The predicted molar refractivity (Wildman–Crippen MR) is 76.3 cm³/mol. The first-order chi connectivity index (χ1) is 8.81. The molecule has 1 aromatic carbocycles. The number of nitrogens with two attached hydrogens (primary N) is 1. The average Bonchev–Trinajstić information content (AvgIpc) is 2.42. The van der Waals surface area contributed by atoms with Crippen molar-refractivity contribution in [3.05, 3.63) is 29.8 Å². The molecule has 0 unspecified atom stereocenters. The number of benzene rings is 1. The van der Waals surface area contributed by atoms with Crippen molar-refractivity contribution in [3.63, 3.8) is 0 Å². The lowest BCUT2D eigenvalue weighted by atomic mass is 10.2. The van der Waals surface area contributed by atoms with Gasteiger partial charge in [0, 0.05) is 44.0 Å². The fourth-order valence-corrected chi connectivity index (χ4v) is 1.84. The van der Waals surface area contributed by atoms with Gasteiger partial charge in [-0.25, -0.2) is 0 Å². The lowest BCUT2D eigenvalue weighted by molar-refractivity contribution is 0.112. The summed E-state index contributed by atoms with van der Waals surface area (Å²) in [5.41, 5.74) is 7.32. The Labute approximate surface area is 109 Å². The van der Waals surface area contributed by atoms with Gasteiger partial charge in [0.15, 0.2) is 0 Å². The van der Waals surface area contributed by atoms with E-state index in [2.05, 4.69) is 17.1 Å². The Balaban J connectivity index is 2.55. The molecule has 1 aromatic rings. The van der Waals surface area contributed by atoms with E-state index in [1.807, 2.05) is 24.3 Å². The minimum absolute atomic E-state index is 0.668. The van der Waals surface area contributed by atoms with Gasteiger partial charge < -0.3 is 16.0 Å². The number of nitrogens with one attached hydrogen (secondary N) is 1. The lowest BCUT2D eigenvalue weighted by Gasteiger charge is -2.24. The van der Waals surface area contributed by atoms with Gasteiger partial charge in [-0.15, -0.1) is 0 Å². The maximum Gasteiger partial charge on any atom is 0.150 e. The van der Waals surface area contributed by atoms with Crippen molar-refractivity contribution in [1.82, 2.24) is 5.32 Å². The molecule has 4 nitrogen and oxygen atoms in total. The van der Waals surface area contributed by atoms with Crippen LogP contribution in [0.4, 0.5) is 5.69 Å². The highest BCUT2D eigenvalue weighted by Crippen LogP contribution is 2.14. The summed E-state index contributed by atoms with van der Waals surface area (Å²) in [6.07, 6.45) is 1.98. The zero-order valence-electron chi connectivity index (χ0n) is 11.1. The third-order valence-corrected chi connectivity index (χ3v) is 2.77. The summed E-state index contributed by atoms with van der Waals surface area (Å²) in [5.74, 6) is 0. The van der Waals surface area contributed by atoms with Gasteiger partial charge in [-0.1, -0.05) is 6.92 Å². The molecule has 0 heterocycles. The molecule has 0 amide bonds. The van der Waals surface area contributed by atoms with Crippen LogP contribution in [0.2, 0.25) is 0 Å². The molecular weight excluding hydrogens is 226 g/mol. The van der Waals surface area contributed by atoms with E-state index in [-0.39, 0.29) is 0 Å². The quantitative estimate of drug-likeness (QED) is 0.511. The van der Waals surface area contributed by atoms with Gasteiger partial charge >= 0.3 is 0 Å². The summed E-state index contributed by atoms with van der Waals surface area (Å²) >= 11 is 0. The molecule has 100 valence electrons. The standard InChI is InChI=1S/C14H23N3O/c1-2-10-17(11-9-16-8-7-15)14-5-3-13(12-18)4-6-14/h3-6,12,16H,2,7-11,15H2,1H3. The second-order valence-corrected chi connectivity index (χ2v) is 4.24. The number of carbonyl (C=O) groups excluding carboxylic acids is 1. The minimum Gasteiger partial charge on any atom is -0.370 e. The molecule has 0 aliphatic rings. The van der Waals surface area contributed by atoms with E-state index in [1.165, 1.54) is 0 Å². The fourth-order valence-electron chi connectivity index (χ4n) is 1.84. The van der Waals surface area contributed by atoms with Crippen molar-refractivity contribution in [2.45, 2.75) is 13.3 Å². The fraction of sp³-hybridized carbons (Fsp3) is 0.500. The Morgan fingerprint density at radius 2 is 1.94 bits per heavy atom. The molecule has 0 aromatic heterocycles. The van der Waals surface area contributed by atoms with Crippen LogP contribution < -0.4 is 16.0 Å². The van der Waals surface area contributed by atoms with Gasteiger partial charge in [0.25, 0.3) is 0 Å². The van der Waals surface area contributed by atoms with Gasteiger partial charge in [0.05, 0.1) is 0 Å². The second-order valence-electron chi connectivity index (χ2n) is 4.24. The second kappa shape index (κ2) is 8.66. The lowest BCUT2D eigenvalue weighted by Crippen LogP contribution is -2.34. The number of rotatable bonds is 9. The first-order valence-corrected chi connectivity index (χ1v) is 6.52. The molecule has 0 aliphatic carbocycles. The molecule has 0 bridgehead atoms. The van der Waals surface area contributed by atoms with Crippen LogP contribution in [0.3, 0.4) is 0 Å². The van der Waals surface area contributed by atoms with Crippen molar-refractivity contribution in [3.8, 4) is 0 Å². The SMILES string of the molecule is CCCN(CCNCCN)c1ccc(C=O)cc1. The summed E-state index contributed by atoms with van der Waals surface area (Å²) in [5, 5.41) is 3.29. The molecule has 3 N–H and O–H groups in total. The Morgan fingerprint density at radius 1 is 1.22 bits per heavy atom. The van der Waals surface area contributed by atoms with Crippen LogP contribution in [0.5, 0.6) is 0 Å². The summed E-state index contributed by atoms with van der Waals surface area (Å²) in [6, 6.07) is 7.72. The van der Waals surface area contributed by atoms with E-state index >= 15 is 0 Å². The van der Waals surface area contributed by atoms with Crippen molar-refractivity contribution >= 4 is 12.0 Å². The number of nitrogens with zero attached hydrogens (tertiary/aromatic N) is 1. The monoisotopic (exact) mass is 249 g/mol. The van der Waals surface area contributed by atoms with E-state index in [9.17, 15) is 4.79 Å². The van der Waals surface area contributed by atoms with E-state index in [4.69, 9.17) is 5.73 Å². The van der Waals surface area contributed by atoms with Crippen LogP contribution in [0.25, 0.3) is 0 Å². The number of hydrogen-bond acceptors (Lipinski definition) is 4. The molecule has 1 rings (SSSR count). The van der Waals surface area contributed by atoms with Crippen molar-refractivity contribution < 1.29 is 4.79 Å². The Morgan fingerprint density at radius 3 is 2.50 bits per heavy atom. The molecule has 0 spiro atoms.